The third-order valence-electron chi connectivity index (χ3n) is 11.1. The van der Waals surface area contributed by atoms with Gasteiger partial charge in [-0.05, 0) is 127 Å². The van der Waals surface area contributed by atoms with Crippen molar-refractivity contribution >= 4 is 28.8 Å². The molecule has 2 saturated carbocycles. The third-order valence-corrected chi connectivity index (χ3v) is 11.1. The number of benzene rings is 4. The lowest BCUT2D eigenvalue weighted by atomic mass is 9.95. The van der Waals surface area contributed by atoms with E-state index in [2.05, 4.69) is 120 Å². The lowest BCUT2D eigenvalue weighted by Crippen LogP contribution is -2.20. The molecule has 51 heavy (non-hydrogen) atoms. The Balaban J connectivity index is 0.919. The molecule has 258 valence electrons. The minimum atomic E-state index is -0.0324. The van der Waals surface area contributed by atoms with Gasteiger partial charge in [0, 0.05) is 17.6 Å². The smallest absolute Gasteiger partial charge is 0.137 e. The fourth-order valence-electron chi connectivity index (χ4n) is 8.07. The van der Waals surface area contributed by atoms with Gasteiger partial charge in [0.25, 0.3) is 0 Å². The number of hydrogen-bond acceptors (Lipinski definition) is 6. The summed E-state index contributed by atoms with van der Waals surface area (Å²) in [5, 5.41) is 0. The summed E-state index contributed by atoms with van der Waals surface area (Å²) in [6, 6.07) is 42.5. The predicted octanol–water partition coefficient (Wildman–Crippen LogP) is 9.72. The van der Waals surface area contributed by atoms with Gasteiger partial charge in [-0.3, -0.25) is 4.90 Å². The SMILES string of the molecule is C(=C(c1ccccc1)c1ccc(OCC23CCCC2O3)cc1)c1ccc(N(c2ccc(CCOCC34CCCC3O4)cc2)c2ccccn2)cc1. The average molecular weight is 677 g/mol. The third kappa shape index (κ3) is 6.84. The van der Waals surface area contributed by atoms with Crippen molar-refractivity contribution in [1.29, 1.82) is 0 Å². The second-order valence-electron chi connectivity index (χ2n) is 14.4. The van der Waals surface area contributed by atoms with Crippen LogP contribution >= 0.6 is 0 Å². The summed E-state index contributed by atoms with van der Waals surface area (Å²) >= 11 is 0. The second-order valence-corrected chi connectivity index (χ2v) is 14.4. The van der Waals surface area contributed by atoms with Gasteiger partial charge in [0.1, 0.15) is 29.4 Å². The molecule has 0 N–H and O–H groups in total. The summed E-state index contributed by atoms with van der Waals surface area (Å²) in [7, 11) is 0. The molecule has 6 nitrogen and oxygen atoms in total. The molecule has 6 heteroatoms. The number of ether oxygens (including phenoxy) is 4. The van der Waals surface area contributed by atoms with E-state index in [0.29, 0.717) is 25.4 Å². The number of fused-ring (bicyclic) bond motifs is 2. The maximum atomic E-state index is 6.19. The minimum absolute atomic E-state index is 0.0324. The first-order chi connectivity index (χ1) is 25.2. The number of anilines is 3. The van der Waals surface area contributed by atoms with Gasteiger partial charge in [-0.1, -0.05) is 72.8 Å². The van der Waals surface area contributed by atoms with Gasteiger partial charge < -0.3 is 18.9 Å². The summed E-state index contributed by atoms with van der Waals surface area (Å²) in [6.45, 7) is 2.06. The maximum absolute atomic E-state index is 6.19. The van der Waals surface area contributed by atoms with Crippen LogP contribution in [0.4, 0.5) is 17.2 Å². The Kier molecular flexibility index (Phi) is 8.68. The number of rotatable bonds is 14. The van der Waals surface area contributed by atoms with E-state index in [1.165, 1.54) is 30.4 Å². The maximum Gasteiger partial charge on any atom is 0.137 e. The molecule has 4 aromatic carbocycles. The summed E-state index contributed by atoms with van der Waals surface area (Å²) < 4.78 is 24.0. The zero-order valence-corrected chi connectivity index (χ0v) is 29.0. The molecule has 2 aliphatic heterocycles. The van der Waals surface area contributed by atoms with E-state index < -0.39 is 0 Å². The molecule has 0 bridgehead atoms. The Morgan fingerprint density at radius 1 is 0.706 bits per heavy atom. The molecule has 4 fully saturated rings. The highest BCUT2D eigenvalue weighted by Crippen LogP contribution is 2.50. The second kappa shape index (κ2) is 13.8. The summed E-state index contributed by atoms with van der Waals surface area (Å²) in [5.74, 6) is 1.75. The number of pyridine rings is 1. The summed E-state index contributed by atoms with van der Waals surface area (Å²) in [6.07, 6.45) is 12.9. The molecular weight excluding hydrogens is 633 g/mol. The number of hydrogen-bond donors (Lipinski definition) is 0. The number of nitrogens with zero attached hydrogens (tertiary/aromatic N) is 2. The molecule has 0 radical (unpaired) electrons. The van der Waals surface area contributed by atoms with Crippen molar-refractivity contribution in [2.24, 2.45) is 0 Å². The Morgan fingerprint density at radius 2 is 1.35 bits per heavy atom. The predicted molar refractivity (Wildman–Crippen MR) is 202 cm³/mol. The van der Waals surface area contributed by atoms with Gasteiger partial charge in [-0.2, -0.15) is 0 Å². The van der Waals surface area contributed by atoms with Crippen molar-refractivity contribution in [2.45, 2.75) is 68.4 Å². The largest absolute Gasteiger partial charge is 0.490 e. The van der Waals surface area contributed by atoms with Crippen LogP contribution in [0.1, 0.15) is 60.8 Å². The first kappa shape index (κ1) is 32.2. The van der Waals surface area contributed by atoms with Gasteiger partial charge in [-0.15, -0.1) is 0 Å². The summed E-state index contributed by atoms with van der Waals surface area (Å²) in [5.41, 5.74) is 7.94. The van der Waals surface area contributed by atoms with Crippen LogP contribution < -0.4 is 9.64 Å². The van der Waals surface area contributed by atoms with Crippen molar-refractivity contribution in [3.05, 3.63) is 150 Å². The molecule has 1 aromatic heterocycles. The topological polar surface area (TPSA) is 59.7 Å². The first-order valence-corrected chi connectivity index (χ1v) is 18.5. The van der Waals surface area contributed by atoms with E-state index in [-0.39, 0.29) is 11.2 Å². The van der Waals surface area contributed by atoms with Crippen molar-refractivity contribution < 1.29 is 18.9 Å². The molecule has 4 aliphatic rings. The van der Waals surface area contributed by atoms with E-state index >= 15 is 0 Å². The van der Waals surface area contributed by atoms with E-state index in [0.717, 1.165) is 71.9 Å². The molecule has 0 spiro atoms. The normalized spacial score (nSPS) is 24.5. The van der Waals surface area contributed by atoms with E-state index in [1.54, 1.807) is 0 Å². The van der Waals surface area contributed by atoms with Crippen molar-refractivity contribution in [2.75, 3.05) is 24.7 Å². The van der Waals surface area contributed by atoms with Crippen molar-refractivity contribution in [3.63, 3.8) is 0 Å². The monoisotopic (exact) mass is 676 g/mol. The van der Waals surface area contributed by atoms with Crippen LogP contribution in [0.15, 0.2) is 128 Å². The fraction of sp³-hybridized carbons (Fsp3) is 0.311. The Bertz CT molecular complexity index is 1960. The van der Waals surface area contributed by atoms with Crippen LogP contribution in [-0.4, -0.2) is 48.2 Å². The van der Waals surface area contributed by atoms with Crippen LogP contribution in [0.25, 0.3) is 11.6 Å². The molecule has 9 rings (SSSR count). The number of aromatic nitrogens is 1. The van der Waals surface area contributed by atoms with E-state index in [1.807, 2.05) is 18.3 Å². The zero-order chi connectivity index (χ0) is 34.1. The van der Waals surface area contributed by atoms with Gasteiger partial charge >= 0.3 is 0 Å². The highest BCUT2D eigenvalue weighted by molar-refractivity contribution is 5.91. The molecule has 4 atom stereocenters. The Labute approximate surface area is 300 Å². The van der Waals surface area contributed by atoms with Crippen LogP contribution in [0, 0.1) is 0 Å². The van der Waals surface area contributed by atoms with Gasteiger partial charge in [0.05, 0.1) is 25.4 Å². The zero-order valence-electron chi connectivity index (χ0n) is 29.0. The lowest BCUT2D eigenvalue weighted by Gasteiger charge is -2.24. The lowest BCUT2D eigenvalue weighted by molar-refractivity contribution is 0.0755. The van der Waals surface area contributed by atoms with Gasteiger partial charge in [-0.25, -0.2) is 4.98 Å². The van der Waals surface area contributed by atoms with Crippen LogP contribution in [-0.2, 0) is 20.6 Å². The van der Waals surface area contributed by atoms with Gasteiger partial charge in [0.2, 0.25) is 0 Å². The first-order valence-electron chi connectivity index (χ1n) is 18.5. The Hall–Kier alpha value is -4.75. The van der Waals surface area contributed by atoms with Gasteiger partial charge in [0.15, 0.2) is 0 Å². The fourth-order valence-corrected chi connectivity index (χ4v) is 8.07. The highest BCUT2D eigenvalue weighted by Gasteiger charge is 2.60. The molecular formula is C45H44N2O4. The minimum Gasteiger partial charge on any atom is -0.490 e. The average Bonchev–Trinajstić information content (AvgIpc) is 3.96. The van der Waals surface area contributed by atoms with Crippen LogP contribution in [0.3, 0.4) is 0 Å². The molecule has 4 unspecified atom stereocenters. The molecule has 3 heterocycles. The quantitative estimate of drug-likeness (QED) is 0.0663. The van der Waals surface area contributed by atoms with Crippen LogP contribution in [0.5, 0.6) is 5.75 Å². The standard InChI is InChI=1S/C45H44N2O4/c1-2-8-35(9-3-1)40(36-17-23-39(24-18-36)49-32-45-27-7-11-42(45)51-45)30-34-15-21-38(22-16-34)47(43-12-4-5-28-46-43)37-19-13-33(14-20-37)25-29-48-31-44-26-6-10-41(44)50-44/h1-5,8-9,12-24,28,30,41-42H,6-7,10-11,25-27,29,31-32H2. The molecule has 5 aromatic rings. The Morgan fingerprint density at radius 3 is 1.98 bits per heavy atom. The van der Waals surface area contributed by atoms with Crippen molar-refractivity contribution in [1.82, 2.24) is 4.98 Å². The van der Waals surface area contributed by atoms with E-state index in [9.17, 15) is 0 Å². The molecule has 2 aliphatic carbocycles. The highest BCUT2D eigenvalue weighted by atomic mass is 16.6. The summed E-state index contributed by atoms with van der Waals surface area (Å²) in [4.78, 5) is 6.93. The van der Waals surface area contributed by atoms with E-state index in [4.69, 9.17) is 23.9 Å². The number of epoxide rings is 2. The van der Waals surface area contributed by atoms with Crippen LogP contribution in [0.2, 0.25) is 0 Å². The molecule has 2 saturated heterocycles. The molecule has 0 amide bonds. The van der Waals surface area contributed by atoms with Crippen molar-refractivity contribution in [3.8, 4) is 5.75 Å².